The molecule has 0 atom stereocenters. The number of benzene rings is 2. The summed E-state index contributed by atoms with van der Waals surface area (Å²) in [6, 6.07) is 11.1. The molecule has 1 N–H and O–H groups in total. The molecule has 0 unspecified atom stereocenters. The number of hydrogen-bond donors (Lipinski definition) is 1. The summed E-state index contributed by atoms with van der Waals surface area (Å²) >= 11 is 0. The van der Waals surface area contributed by atoms with Crippen LogP contribution in [0.3, 0.4) is 0 Å². The van der Waals surface area contributed by atoms with Crippen molar-refractivity contribution >= 4 is 17.8 Å². The van der Waals surface area contributed by atoms with Gasteiger partial charge in [0.2, 0.25) is 0 Å². The number of rotatable bonds is 9. The van der Waals surface area contributed by atoms with E-state index < -0.39 is 11.9 Å². The van der Waals surface area contributed by atoms with E-state index in [1.54, 1.807) is 6.07 Å². The lowest BCUT2D eigenvalue weighted by Gasteiger charge is -2.26. The highest BCUT2D eigenvalue weighted by molar-refractivity contribution is 5.98. The van der Waals surface area contributed by atoms with Gasteiger partial charge in [0, 0.05) is 51.7 Å². The summed E-state index contributed by atoms with van der Waals surface area (Å²) in [5.74, 6) is -1.10. The summed E-state index contributed by atoms with van der Waals surface area (Å²) in [6.07, 6.45) is 0. The second kappa shape index (κ2) is 12.8. The summed E-state index contributed by atoms with van der Waals surface area (Å²) in [5, 5.41) is 11.3. The lowest BCUT2D eigenvalue weighted by molar-refractivity contribution is -0.132. The number of carbonyl (C=O) groups is 3. The van der Waals surface area contributed by atoms with E-state index in [0.29, 0.717) is 29.1 Å². The van der Waals surface area contributed by atoms with Crippen LogP contribution in [0.2, 0.25) is 0 Å². The van der Waals surface area contributed by atoms with Crippen molar-refractivity contribution in [3.8, 4) is 28.4 Å². The molecule has 1 fully saturated rings. The van der Waals surface area contributed by atoms with Crippen molar-refractivity contribution in [1.29, 1.82) is 0 Å². The fourth-order valence-corrected chi connectivity index (χ4v) is 4.55. The molecule has 40 heavy (non-hydrogen) atoms. The van der Waals surface area contributed by atoms with E-state index in [0.717, 1.165) is 38.4 Å². The van der Waals surface area contributed by atoms with Gasteiger partial charge in [-0.05, 0) is 30.0 Å². The Hall–Kier alpha value is -4.09. The van der Waals surface area contributed by atoms with Crippen LogP contribution in [0.1, 0.15) is 62.2 Å². The zero-order chi connectivity index (χ0) is 28.8. The Morgan fingerprint density at radius 1 is 1.00 bits per heavy atom. The summed E-state index contributed by atoms with van der Waals surface area (Å²) < 4.78 is 17.9. The number of ether oxygens (including phenoxy) is 3. The Kier molecular flexibility index (Phi) is 9.28. The molecule has 1 saturated heterocycles. The first-order chi connectivity index (χ1) is 19.2. The predicted molar refractivity (Wildman–Crippen MR) is 148 cm³/mol. The molecule has 0 radical (unpaired) electrons. The summed E-state index contributed by atoms with van der Waals surface area (Å²) in [7, 11) is 0. The molecule has 1 aliphatic rings. The first kappa shape index (κ1) is 28.9. The quantitative estimate of drug-likeness (QED) is 0.315. The Morgan fingerprint density at radius 3 is 2.25 bits per heavy atom. The molecule has 1 aliphatic heterocycles. The lowest BCUT2D eigenvalue weighted by Crippen LogP contribution is -2.35. The molecule has 3 aromatic rings. The average molecular weight is 550 g/mol. The molecule has 0 aliphatic carbocycles. The third-order valence-corrected chi connectivity index (χ3v) is 6.41. The van der Waals surface area contributed by atoms with E-state index in [4.69, 9.17) is 14.2 Å². The lowest BCUT2D eigenvalue weighted by atomic mass is 10.0. The largest absolute Gasteiger partial charge is 0.426 e. The van der Waals surface area contributed by atoms with Crippen molar-refractivity contribution in [2.45, 2.75) is 47.1 Å². The smallest absolute Gasteiger partial charge is 0.308 e. The number of hydrogen-bond acceptors (Lipinski definition) is 9. The monoisotopic (exact) mass is 549 g/mol. The highest BCUT2D eigenvalue weighted by atomic mass is 16.5. The van der Waals surface area contributed by atoms with E-state index in [9.17, 15) is 14.4 Å². The van der Waals surface area contributed by atoms with Crippen LogP contribution in [0.5, 0.6) is 11.5 Å². The standard InChI is InChI=1S/C29H35N5O6/c1-6-30-29(37)27-28(22-9-7-21(8-10-22)17-33-11-13-38-14-12-33)34(32-31-27)24-15-23(18(2)3)25(39-19(4)35)16-26(24)40-20(5)36/h7-10,15-16,18H,6,11-14,17H2,1-5H3,(H,30,37). The van der Waals surface area contributed by atoms with Gasteiger partial charge in [0.25, 0.3) is 5.91 Å². The molecule has 1 aromatic heterocycles. The van der Waals surface area contributed by atoms with Gasteiger partial charge in [-0.25, -0.2) is 4.68 Å². The number of carbonyl (C=O) groups excluding carboxylic acids is 3. The number of aromatic nitrogens is 3. The Bertz CT molecular complexity index is 1380. The third-order valence-electron chi connectivity index (χ3n) is 6.41. The average Bonchev–Trinajstić information content (AvgIpc) is 3.34. The Morgan fingerprint density at radius 2 is 1.65 bits per heavy atom. The molecule has 212 valence electrons. The van der Waals surface area contributed by atoms with Gasteiger partial charge in [0.15, 0.2) is 11.4 Å². The van der Waals surface area contributed by atoms with E-state index >= 15 is 0 Å². The van der Waals surface area contributed by atoms with Crippen LogP contribution in [0.15, 0.2) is 36.4 Å². The molecule has 11 heteroatoms. The zero-order valence-electron chi connectivity index (χ0n) is 23.5. The summed E-state index contributed by atoms with van der Waals surface area (Å²) in [4.78, 5) is 39.2. The van der Waals surface area contributed by atoms with Gasteiger partial charge >= 0.3 is 11.9 Å². The number of esters is 2. The van der Waals surface area contributed by atoms with E-state index in [1.165, 1.54) is 24.6 Å². The molecule has 0 saturated carbocycles. The molecule has 11 nitrogen and oxygen atoms in total. The molecule has 2 heterocycles. The molecular weight excluding hydrogens is 514 g/mol. The first-order valence-electron chi connectivity index (χ1n) is 13.4. The highest BCUT2D eigenvalue weighted by Crippen LogP contribution is 2.38. The van der Waals surface area contributed by atoms with Crippen molar-refractivity contribution in [3.63, 3.8) is 0 Å². The van der Waals surface area contributed by atoms with Crippen LogP contribution in [0, 0.1) is 0 Å². The topological polar surface area (TPSA) is 125 Å². The predicted octanol–water partition coefficient (Wildman–Crippen LogP) is 3.49. The minimum Gasteiger partial charge on any atom is -0.426 e. The van der Waals surface area contributed by atoms with Crippen molar-refractivity contribution < 1.29 is 28.6 Å². The van der Waals surface area contributed by atoms with Crippen molar-refractivity contribution in [3.05, 3.63) is 53.2 Å². The molecule has 1 amide bonds. The third kappa shape index (κ3) is 6.72. The van der Waals surface area contributed by atoms with Gasteiger partial charge in [0.1, 0.15) is 17.1 Å². The highest BCUT2D eigenvalue weighted by Gasteiger charge is 2.26. The van der Waals surface area contributed by atoms with E-state index in [-0.39, 0.29) is 29.0 Å². The second-order valence-corrected chi connectivity index (χ2v) is 9.84. The summed E-state index contributed by atoms with van der Waals surface area (Å²) in [6.45, 7) is 12.7. The van der Waals surface area contributed by atoms with Crippen LogP contribution < -0.4 is 14.8 Å². The van der Waals surface area contributed by atoms with Crippen molar-refractivity contribution in [2.75, 3.05) is 32.8 Å². The number of morpholine rings is 1. The van der Waals surface area contributed by atoms with Gasteiger partial charge in [0.05, 0.1) is 13.2 Å². The van der Waals surface area contributed by atoms with Gasteiger partial charge in [-0.1, -0.05) is 43.3 Å². The van der Waals surface area contributed by atoms with Gasteiger partial charge < -0.3 is 19.5 Å². The van der Waals surface area contributed by atoms with Crippen LogP contribution in [-0.2, 0) is 20.9 Å². The van der Waals surface area contributed by atoms with Gasteiger partial charge in [-0.3, -0.25) is 19.3 Å². The van der Waals surface area contributed by atoms with E-state index in [1.807, 2.05) is 45.0 Å². The Labute approximate surface area is 233 Å². The van der Waals surface area contributed by atoms with E-state index in [2.05, 4.69) is 20.5 Å². The van der Waals surface area contributed by atoms with Crippen LogP contribution in [-0.4, -0.2) is 70.6 Å². The van der Waals surface area contributed by atoms with Crippen molar-refractivity contribution in [1.82, 2.24) is 25.2 Å². The molecular formula is C29H35N5O6. The van der Waals surface area contributed by atoms with Crippen molar-refractivity contribution in [2.24, 2.45) is 0 Å². The second-order valence-electron chi connectivity index (χ2n) is 9.84. The zero-order valence-corrected chi connectivity index (χ0v) is 23.5. The number of amides is 1. The maximum atomic E-state index is 13.0. The minimum absolute atomic E-state index is 0.0474. The number of nitrogens with one attached hydrogen (secondary N) is 1. The van der Waals surface area contributed by atoms with Crippen LogP contribution in [0.25, 0.3) is 16.9 Å². The maximum absolute atomic E-state index is 13.0. The Balaban J connectivity index is 1.85. The molecule has 0 spiro atoms. The number of nitrogens with zero attached hydrogens (tertiary/aromatic N) is 4. The van der Waals surface area contributed by atoms with Crippen LogP contribution >= 0.6 is 0 Å². The normalized spacial score (nSPS) is 13.8. The van der Waals surface area contributed by atoms with Crippen LogP contribution in [0.4, 0.5) is 0 Å². The molecule has 0 bridgehead atoms. The minimum atomic E-state index is -0.564. The first-order valence-corrected chi connectivity index (χ1v) is 13.4. The molecule has 4 rings (SSSR count). The fraction of sp³-hybridized carbons (Fsp3) is 0.414. The maximum Gasteiger partial charge on any atom is 0.308 e. The SMILES string of the molecule is CCNC(=O)c1nnn(-c2cc(C(C)C)c(OC(C)=O)cc2OC(C)=O)c1-c1ccc(CN2CCOCC2)cc1. The van der Waals surface area contributed by atoms with Gasteiger partial charge in [-0.15, -0.1) is 5.10 Å². The summed E-state index contributed by atoms with van der Waals surface area (Å²) in [5.41, 5.74) is 3.48. The fourth-order valence-electron chi connectivity index (χ4n) is 4.55. The van der Waals surface area contributed by atoms with Gasteiger partial charge in [-0.2, -0.15) is 0 Å². The molecule has 2 aromatic carbocycles.